The smallest absolute Gasteiger partial charge is 0.377 e. The molecule has 1 aliphatic heterocycles. The number of methoxy groups -OCH3 is 1. The van der Waals surface area contributed by atoms with E-state index in [1.807, 2.05) is 0 Å². The van der Waals surface area contributed by atoms with Gasteiger partial charge in [0.2, 0.25) is 0 Å². The summed E-state index contributed by atoms with van der Waals surface area (Å²) in [6, 6.07) is 4.70. The molecule has 32 heavy (non-hydrogen) atoms. The monoisotopic (exact) mass is 454 g/mol. The van der Waals surface area contributed by atoms with Crippen LogP contribution in [0.25, 0.3) is 10.9 Å². The van der Waals surface area contributed by atoms with E-state index in [1.54, 1.807) is 0 Å². The van der Waals surface area contributed by atoms with Gasteiger partial charge in [-0.05, 0) is 37.1 Å². The Labute approximate surface area is 179 Å². The standard InChI is InChI=1S/C22H19F5N2O3/c1-10-11(4-5-13(23)18(10)24)17-19(32-21(2,20(17)31-3)22(25,26)27)15-8-16(30)12-9-28-7-6-14(12)29-15/h4-9,17,19-20H,1-3H3,(H,29,30)/t17-,19-,20-,21+/m0/s1. The van der Waals surface area contributed by atoms with Crippen LogP contribution in [0, 0.1) is 18.6 Å². The summed E-state index contributed by atoms with van der Waals surface area (Å²) < 4.78 is 81.3. The summed E-state index contributed by atoms with van der Waals surface area (Å²) in [6.45, 7) is 2.11. The number of H-pyrrole nitrogens is 1. The van der Waals surface area contributed by atoms with E-state index in [0.29, 0.717) is 5.52 Å². The Morgan fingerprint density at radius 1 is 1.22 bits per heavy atom. The zero-order valence-corrected chi connectivity index (χ0v) is 17.3. The summed E-state index contributed by atoms with van der Waals surface area (Å²) in [5, 5.41) is 0.247. The number of benzene rings is 1. The van der Waals surface area contributed by atoms with Crippen LogP contribution in [0.4, 0.5) is 22.0 Å². The van der Waals surface area contributed by atoms with Crippen molar-refractivity contribution < 1.29 is 31.4 Å². The van der Waals surface area contributed by atoms with Crippen LogP contribution in [0.15, 0.2) is 41.5 Å². The zero-order valence-electron chi connectivity index (χ0n) is 17.3. The minimum absolute atomic E-state index is 0.0536. The number of ether oxygens (including phenoxy) is 2. The molecule has 5 nitrogen and oxygen atoms in total. The van der Waals surface area contributed by atoms with Gasteiger partial charge in [-0.15, -0.1) is 0 Å². The fourth-order valence-electron chi connectivity index (χ4n) is 4.38. The number of nitrogens with one attached hydrogen (secondary N) is 1. The molecule has 1 fully saturated rings. The first-order valence-corrected chi connectivity index (χ1v) is 9.68. The molecule has 4 atom stereocenters. The number of halogens is 5. The van der Waals surface area contributed by atoms with E-state index in [-0.39, 0.29) is 22.2 Å². The van der Waals surface area contributed by atoms with E-state index in [2.05, 4.69) is 9.97 Å². The molecule has 1 aliphatic rings. The minimum Gasteiger partial charge on any atom is -0.377 e. The second-order valence-electron chi connectivity index (χ2n) is 7.91. The van der Waals surface area contributed by atoms with Crippen molar-refractivity contribution in [1.29, 1.82) is 0 Å². The number of aromatic amines is 1. The number of pyridine rings is 2. The maximum absolute atomic E-state index is 14.4. The molecule has 0 bridgehead atoms. The number of nitrogens with zero attached hydrogens (tertiary/aromatic N) is 1. The average molecular weight is 454 g/mol. The first kappa shape index (κ1) is 22.3. The summed E-state index contributed by atoms with van der Waals surface area (Å²) in [4.78, 5) is 19.4. The molecule has 0 amide bonds. The lowest BCUT2D eigenvalue weighted by atomic mass is 9.81. The van der Waals surface area contributed by atoms with Crippen LogP contribution in [0.5, 0.6) is 0 Å². The minimum atomic E-state index is -4.85. The lowest BCUT2D eigenvalue weighted by molar-refractivity contribution is -0.286. The number of alkyl halides is 3. The van der Waals surface area contributed by atoms with Gasteiger partial charge in [0.15, 0.2) is 22.7 Å². The van der Waals surface area contributed by atoms with Gasteiger partial charge in [0, 0.05) is 37.2 Å². The first-order valence-electron chi connectivity index (χ1n) is 9.68. The van der Waals surface area contributed by atoms with Crippen LogP contribution < -0.4 is 5.43 Å². The van der Waals surface area contributed by atoms with Gasteiger partial charge in [0.05, 0.1) is 10.9 Å². The molecule has 0 aliphatic carbocycles. The third-order valence-corrected chi connectivity index (χ3v) is 6.08. The molecule has 3 aromatic rings. The highest BCUT2D eigenvalue weighted by atomic mass is 19.4. The van der Waals surface area contributed by atoms with Crippen molar-refractivity contribution in [3.63, 3.8) is 0 Å². The normalized spacial score (nSPS) is 26.1. The van der Waals surface area contributed by atoms with Gasteiger partial charge in [-0.25, -0.2) is 8.78 Å². The molecule has 10 heteroatoms. The third kappa shape index (κ3) is 3.29. The van der Waals surface area contributed by atoms with E-state index < -0.39 is 47.0 Å². The Morgan fingerprint density at radius 2 is 1.94 bits per heavy atom. The Kier molecular flexibility index (Phi) is 5.33. The van der Waals surface area contributed by atoms with E-state index in [1.165, 1.54) is 31.5 Å². The highest BCUT2D eigenvalue weighted by molar-refractivity contribution is 5.77. The highest BCUT2D eigenvalue weighted by Crippen LogP contribution is 2.56. The van der Waals surface area contributed by atoms with Crippen LogP contribution in [-0.4, -0.2) is 35.0 Å². The SMILES string of the molecule is CO[C@H]1[C@@H](c2ccc(F)c(F)c2C)[C@H](c2cc(=O)c3cnccc3[nH]2)O[C@@]1(C)C(F)(F)F. The quantitative estimate of drug-likeness (QED) is 0.583. The van der Waals surface area contributed by atoms with E-state index in [0.717, 1.165) is 26.2 Å². The molecule has 1 aromatic carbocycles. The van der Waals surface area contributed by atoms with Gasteiger partial charge in [-0.2, -0.15) is 13.2 Å². The summed E-state index contributed by atoms with van der Waals surface area (Å²) >= 11 is 0. The largest absolute Gasteiger partial charge is 0.419 e. The van der Waals surface area contributed by atoms with Crippen molar-refractivity contribution in [1.82, 2.24) is 9.97 Å². The molecule has 1 N–H and O–H groups in total. The van der Waals surface area contributed by atoms with E-state index >= 15 is 0 Å². The van der Waals surface area contributed by atoms with Gasteiger partial charge in [-0.3, -0.25) is 9.78 Å². The molecule has 0 saturated carbocycles. The van der Waals surface area contributed by atoms with Crippen LogP contribution >= 0.6 is 0 Å². The predicted molar refractivity (Wildman–Crippen MR) is 105 cm³/mol. The zero-order chi connectivity index (χ0) is 23.4. The topological polar surface area (TPSA) is 64.2 Å². The average Bonchev–Trinajstić information content (AvgIpc) is 3.05. The second-order valence-corrected chi connectivity index (χ2v) is 7.91. The Hall–Kier alpha value is -2.85. The van der Waals surface area contributed by atoms with Crippen LogP contribution in [0.3, 0.4) is 0 Å². The summed E-state index contributed by atoms with van der Waals surface area (Å²) in [5.74, 6) is -3.49. The number of hydrogen-bond acceptors (Lipinski definition) is 4. The van der Waals surface area contributed by atoms with Crippen LogP contribution in [0.1, 0.15) is 35.8 Å². The van der Waals surface area contributed by atoms with Gasteiger partial charge in [0.1, 0.15) is 12.2 Å². The molecule has 0 spiro atoms. The Morgan fingerprint density at radius 3 is 2.59 bits per heavy atom. The number of hydrogen-bond donors (Lipinski definition) is 1. The maximum Gasteiger partial charge on any atom is 0.419 e. The van der Waals surface area contributed by atoms with Gasteiger partial charge in [0.25, 0.3) is 0 Å². The third-order valence-electron chi connectivity index (χ3n) is 6.08. The number of fused-ring (bicyclic) bond motifs is 1. The molecule has 4 rings (SSSR count). The van der Waals surface area contributed by atoms with Crippen molar-refractivity contribution in [2.75, 3.05) is 7.11 Å². The number of rotatable bonds is 3. The Balaban J connectivity index is 1.97. The fourth-order valence-corrected chi connectivity index (χ4v) is 4.38. The van der Waals surface area contributed by atoms with Crippen molar-refractivity contribution in [2.24, 2.45) is 0 Å². The summed E-state index contributed by atoms with van der Waals surface area (Å²) in [5.41, 5.74) is -2.92. The van der Waals surface area contributed by atoms with Crippen molar-refractivity contribution >= 4 is 10.9 Å². The predicted octanol–water partition coefficient (Wildman–Crippen LogP) is 4.70. The van der Waals surface area contributed by atoms with Crippen LogP contribution in [0.2, 0.25) is 0 Å². The Bertz CT molecular complexity index is 1240. The lowest BCUT2D eigenvalue weighted by Gasteiger charge is -2.33. The molecule has 1 saturated heterocycles. The molecular formula is C22H19F5N2O3. The molecule has 3 heterocycles. The van der Waals surface area contributed by atoms with Crippen molar-refractivity contribution in [3.8, 4) is 0 Å². The van der Waals surface area contributed by atoms with E-state index in [4.69, 9.17) is 9.47 Å². The first-order chi connectivity index (χ1) is 15.0. The molecule has 0 radical (unpaired) electrons. The molecule has 0 unspecified atom stereocenters. The fraction of sp³-hybridized carbons (Fsp3) is 0.364. The van der Waals surface area contributed by atoms with Crippen LogP contribution in [-0.2, 0) is 9.47 Å². The van der Waals surface area contributed by atoms with Crippen molar-refractivity contribution in [3.05, 3.63) is 75.3 Å². The van der Waals surface area contributed by atoms with Crippen molar-refractivity contribution in [2.45, 2.75) is 43.8 Å². The van der Waals surface area contributed by atoms with E-state index in [9.17, 15) is 26.7 Å². The lowest BCUT2D eigenvalue weighted by Crippen LogP contribution is -2.51. The second kappa shape index (κ2) is 7.63. The number of aromatic nitrogens is 2. The van der Waals surface area contributed by atoms with Gasteiger partial charge < -0.3 is 14.5 Å². The summed E-state index contributed by atoms with van der Waals surface area (Å²) in [6.07, 6.45) is -5.06. The molecule has 2 aromatic heterocycles. The highest BCUT2D eigenvalue weighted by Gasteiger charge is 2.67. The van der Waals surface area contributed by atoms with Gasteiger partial charge >= 0.3 is 6.18 Å². The molecule has 170 valence electrons. The summed E-state index contributed by atoms with van der Waals surface area (Å²) in [7, 11) is 1.09. The maximum atomic E-state index is 14.4. The van der Waals surface area contributed by atoms with Gasteiger partial charge in [-0.1, -0.05) is 6.07 Å². The molecular weight excluding hydrogens is 435 g/mol.